The van der Waals surface area contributed by atoms with E-state index >= 15 is 0 Å². The summed E-state index contributed by atoms with van der Waals surface area (Å²) >= 11 is 0. The van der Waals surface area contributed by atoms with Gasteiger partial charge in [-0.2, -0.15) is 0 Å². The number of hydrogen-bond acceptors (Lipinski definition) is 3. The first-order chi connectivity index (χ1) is 23.8. The summed E-state index contributed by atoms with van der Waals surface area (Å²) in [6.45, 7) is 0. The van der Waals surface area contributed by atoms with Crippen molar-refractivity contribution >= 4 is 32.4 Å². The first-order valence-corrected chi connectivity index (χ1v) is 16.2. The van der Waals surface area contributed by atoms with Gasteiger partial charge in [0.2, 0.25) is 0 Å². The van der Waals surface area contributed by atoms with Gasteiger partial charge in [0.1, 0.15) is 0 Å². The third kappa shape index (κ3) is 5.08. The molecule has 0 aliphatic heterocycles. The molecule has 0 saturated carbocycles. The normalized spacial score (nSPS) is 11.3. The standard InChI is InChI=1S/C45H29N3/c1-2-10-30(11-3-1)31-19-21-32(22-20-31)43-29-44(37-14-8-13-33(26-37)34-23-24-42-36(27-34)15-9-25-46-42)48-45(47-43)41-28-35-12-4-5-16-38(35)39-17-6-7-18-40(39)41/h1-29H. The van der Waals surface area contributed by atoms with E-state index in [1.165, 1.54) is 27.3 Å². The predicted molar refractivity (Wildman–Crippen MR) is 200 cm³/mol. The Kier molecular flexibility index (Phi) is 6.80. The second kappa shape index (κ2) is 11.7. The molecule has 0 N–H and O–H groups in total. The van der Waals surface area contributed by atoms with Crippen LogP contribution in [0, 0.1) is 0 Å². The topological polar surface area (TPSA) is 38.7 Å². The Morgan fingerprint density at radius 1 is 0.333 bits per heavy atom. The molecular weight excluding hydrogens is 583 g/mol. The zero-order chi connectivity index (χ0) is 31.9. The van der Waals surface area contributed by atoms with Crippen molar-refractivity contribution in [3.8, 4) is 56.2 Å². The third-order valence-corrected chi connectivity index (χ3v) is 9.12. The first kappa shape index (κ1) is 27.8. The fraction of sp³-hybridized carbons (Fsp3) is 0. The van der Waals surface area contributed by atoms with E-state index in [1.54, 1.807) is 0 Å². The van der Waals surface area contributed by atoms with Crippen molar-refractivity contribution in [1.82, 2.24) is 15.0 Å². The molecule has 0 aliphatic carbocycles. The van der Waals surface area contributed by atoms with Gasteiger partial charge in [0, 0.05) is 28.3 Å². The second-order valence-electron chi connectivity index (χ2n) is 12.1. The average Bonchev–Trinajstić information content (AvgIpc) is 3.17. The molecule has 0 bridgehead atoms. The molecule has 0 spiro atoms. The molecular formula is C45H29N3. The van der Waals surface area contributed by atoms with Gasteiger partial charge >= 0.3 is 0 Å². The number of pyridine rings is 1. The van der Waals surface area contributed by atoms with E-state index in [0.717, 1.165) is 55.5 Å². The Morgan fingerprint density at radius 2 is 0.938 bits per heavy atom. The lowest BCUT2D eigenvalue weighted by Crippen LogP contribution is -1.97. The predicted octanol–water partition coefficient (Wildman–Crippen LogP) is 11.7. The minimum atomic E-state index is 0.707. The Labute approximate surface area is 278 Å². The van der Waals surface area contributed by atoms with Crippen LogP contribution in [0.1, 0.15) is 0 Å². The molecule has 2 aromatic heterocycles. The molecule has 0 amide bonds. The van der Waals surface area contributed by atoms with Crippen LogP contribution in [0.4, 0.5) is 0 Å². The molecule has 0 fully saturated rings. The molecule has 7 aromatic carbocycles. The lowest BCUT2D eigenvalue weighted by Gasteiger charge is -2.14. The van der Waals surface area contributed by atoms with E-state index in [-0.39, 0.29) is 0 Å². The fourth-order valence-corrected chi connectivity index (χ4v) is 6.68. The van der Waals surface area contributed by atoms with Crippen LogP contribution in [0.2, 0.25) is 0 Å². The van der Waals surface area contributed by atoms with E-state index in [0.29, 0.717) is 5.82 Å². The van der Waals surface area contributed by atoms with Gasteiger partial charge in [-0.25, -0.2) is 9.97 Å². The molecule has 3 heteroatoms. The van der Waals surface area contributed by atoms with Crippen LogP contribution in [0.3, 0.4) is 0 Å². The van der Waals surface area contributed by atoms with Crippen LogP contribution >= 0.6 is 0 Å². The molecule has 0 radical (unpaired) electrons. The summed E-state index contributed by atoms with van der Waals surface area (Å²) < 4.78 is 0. The first-order valence-electron chi connectivity index (χ1n) is 16.2. The lowest BCUT2D eigenvalue weighted by atomic mass is 9.96. The van der Waals surface area contributed by atoms with Crippen molar-refractivity contribution in [2.75, 3.05) is 0 Å². The summed E-state index contributed by atoms with van der Waals surface area (Å²) in [6.07, 6.45) is 1.83. The van der Waals surface area contributed by atoms with Gasteiger partial charge in [0.25, 0.3) is 0 Å². The van der Waals surface area contributed by atoms with Gasteiger partial charge < -0.3 is 0 Å². The maximum Gasteiger partial charge on any atom is 0.161 e. The molecule has 224 valence electrons. The van der Waals surface area contributed by atoms with E-state index in [1.807, 2.05) is 18.3 Å². The van der Waals surface area contributed by atoms with Crippen LogP contribution in [-0.2, 0) is 0 Å². The second-order valence-corrected chi connectivity index (χ2v) is 12.1. The molecule has 3 nitrogen and oxygen atoms in total. The van der Waals surface area contributed by atoms with E-state index in [4.69, 9.17) is 9.97 Å². The number of nitrogens with zero attached hydrogens (tertiary/aromatic N) is 3. The van der Waals surface area contributed by atoms with Gasteiger partial charge in [-0.05, 0) is 80.2 Å². The smallest absolute Gasteiger partial charge is 0.161 e. The summed E-state index contributed by atoms with van der Waals surface area (Å²) in [7, 11) is 0. The van der Waals surface area contributed by atoms with Crippen molar-refractivity contribution in [3.05, 3.63) is 176 Å². The molecule has 0 saturated heterocycles. The lowest BCUT2D eigenvalue weighted by molar-refractivity contribution is 1.19. The molecule has 0 aliphatic rings. The monoisotopic (exact) mass is 611 g/mol. The summed E-state index contributed by atoms with van der Waals surface area (Å²) in [5.41, 5.74) is 10.5. The van der Waals surface area contributed by atoms with E-state index in [9.17, 15) is 0 Å². The quantitative estimate of drug-likeness (QED) is 0.182. The Balaban J connectivity index is 1.23. The molecule has 0 atom stereocenters. The molecule has 0 unspecified atom stereocenters. The van der Waals surface area contributed by atoms with E-state index < -0.39 is 0 Å². The zero-order valence-electron chi connectivity index (χ0n) is 26.1. The Bertz CT molecular complexity index is 2610. The summed E-state index contributed by atoms with van der Waals surface area (Å²) in [6, 6.07) is 59.7. The maximum absolute atomic E-state index is 5.29. The Morgan fingerprint density at radius 3 is 1.79 bits per heavy atom. The van der Waals surface area contributed by atoms with Crippen LogP contribution in [0.15, 0.2) is 176 Å². The van der Waals surface area contributed by atoms with Crippen molar-refractivity contribution < 1.29 is 0 Å². The number of benzene rings is 7. The Hall–Kier alpha value is -6.45. The van der Waals surface area contributed by atoms with Crippen molar-refractivity contribution in [2.45, 2.75) is 0 Å². The van der Waals surface area contributed by atoms with Crippen molar-refractivity contribution in [2.24, 2.45) is 0 Å². The zero-order valence-corrected chi connectivity index (χ0v) is 26.1. The maximum atomic E-state index is 5.29. The largest absolute Gasteiger partial charge is 0.256 e. The van der Waals surface area contributed by atoms with Crippen molar-refractivity contribution in [3.63, 3.8) is 0 Å². The van der Waals surface area contributed by atoms with Gasteiger partial charge in [-0.15, -0.1) is 0 Å². The molecule has 9 aromatic rings. The fourth-order valence-electron chi connectivity index (χ4n) is 6.68. The van der Waals surface area contributed by atoms with Gasteiger partial charge in [0.05, 0.1) is 16.9 Å². The highest BCUT2D eigenvalue weighted by Gasteiger charge is 2.15. The minimum Gasteiger partial charge on any atom is -0.256 e. The minimum absolute atomic E-state index is 0.707. The summed E-state index contributed by atoms with van der Waals surface area (Å²) in [5, 5.41) is 5.84. The van der Waals surface area contributed by atoms with Gasteiger partial charge in [-0.1, -0.05) is 133 Å². The van der Waals surface area contributed by atoms with E-state index in [2.05, 4.69) is 163 Å². The molecule has 2 heterocycles. The molecule has 9 rings (SSSR count). The summed E-state index contributed by atoms with van der Waals surface area (Å²) in [4.78, 5) is 15.0. The van der Waals surface area contributed by atoms with Crippen LogP contribution in [-0.4, -0.2) is 15.0 Å². The third-order valence-electron chi connectivity index (χ3n) is 9.12. The number of aromatic nitrogens is 3. The highest BCUT2D eigenvalue weighted by atomic mass is 14.9. The number of rotatable bonds is 5. The van der Waals surface area contributed by atoms with Crippen LogP contribution < -0.4 is 0 Å². The van der Waals surface area contributed by atoms with Crippen LogP contribution in [0.5, 0.6) is 0 Å². The van der Waals surface area contributed by atoms with Gasteiger partial charge in [0.15, 0.2) is 5.82 Å². The molecule has 48 heavy (non-hydrogen) atoms. The van der Waals surface area contributed by atoms with Crippen LogP contribution in [0.25, 0.3) is 88.6 Å². The highest BCUT2D eigenvalue weighted by molar-refractivity contribution is 6.13. The average molecular weight is 612 g/mol. The SMILES string of the molecule is c1ccc(-c2ccc(-c3cc(-c4cccc(-c5ccc6ncccc6c5)c4)nc(-c4cc5ccccc5c5ccccc45)n3)cc2)cc1. The van der Waals surface area contributed by atoms with Crippen molar-refractivity contribution in [1.29, 1.82) is 0 Å². The highest BCUT2D eigenvalue weighted by Crippen LogP contribution is 2.37. The number of fused-ring (bicyclic) bond motifs is 4. The van der Waals surface area contributed by atoms with Gasteiger partial charge in [-0.3, -0.25) is 4.98 Å². The number of hydrogen-bond donors (Lipinski definition) is 0. The summed E-state index contributed by atoms with van der Waals surface area (Å²) in [5.74, 6) is 0.707.